The fraction of sp³-hybridized carbons (Fsp3) is 0.538. The third kappa shape index (κ3) is 3.12. The van der Waals surface area contributed by atoms with Crippen LogP contribution in [0, 0.1) is 5.82 Å². The van der Waals surface area contributed by atoms with Crippen molar-refractivity contribution in [2.45, 2.75) is 17.9 Å². The number of hydrogen-bond acceptors (Lipinski definition) is 5. The van der Waals surface area contributed by atoms with Crippen molar-refractivity contribution < 1.29 is 27.0 Å². The van der Waals surface area contributed by atoms with E-state index in [0.29, 0.717) is 0 Å². The number of halogens is 1. The summed E-state index contributed by atoms with van der Waals surface area (Å²) >= 11 is 0. The van der Waals surface area contributed by atoms with Crippen molar-refractivity contribution in [1.82, 2.24) is 4.31 Å². The number of methoxy groups -OCH3 is 2. The molecule has 0 bridgehead atoms. The number of rotatable bonds is 4. The third-order valence-electron chi connectivity index (χ3n) is 3.26. The molecule has 1 heterocycles. The second-order valence-electron chi connectivity index (χ2n) is 4.68. The van der Waals surface area contributed by atoms with E-state index in [1.807, 2.05) is 0 Å². The molecule has 1 aliphatic rings. The van der Waals surface area contributed by atoms with Gasteiger partial charge in [-0.3, -0.25) is 0 Å². The summed E-state index contributed by atoms with van der Waals surface area (Å²) in [6, 6.07) is 2.15. The average molecular weight is 319 g/mol. The van der Waals surface area contributed by atoms with Crippen LogP contribution in [0.3, 0.4) is 0 Å². The molecule has 8 heteroatoms. The molecule has 1 aromatic rings. The molecule has 118 valence electrons. The van der Waals surface area contributed by atoms with Crippen LogP contribution in [0.2, 0.25) is 0 Å². The van der Waals surface area contributed by atoms with Gasteiger partial charge < -0.3 is 14.2 Å². The topological polar surface area (TPSA) is 65.1 Å². The van der Waals surface area contributed by atoms with Gasteiger partial charge in [0.25, 0.3) is 0 Å². The summed E-state index contributed by atoms with van der Waals surface area (Å²) < 4.78 is 55.7. The van der Waals surface area contributed by atoms with Gasteiger partial charge in [0.15, 0.2) is 11.5 Å². The molecule has 0 aliphatic carbocycles. The van der Waals surface area contributed by atoms with Gasteiger partial charge in [0.1, 0.15) is 10.7 Å². The molecule has 2 rings (SSSR count). The summed E-state index contributed by atoms with van der Waals surface area (Å²) in [5.74, 6) is -0.560. The smallest absolute Gasteiger partial charge is 0.246 e. The van der Waals surface area contributed by atoms with Gasteiger partial charge in [-0.05, 0) is 6.92 Å². The largest absolute Gasteiger partial charge is 0.493 e. The van der Waals surface area contributed by atoms with E-state index < -0.39 is 20.7 Å². The van der Waals surface area contributed by atoms with Crippen molar-refractivity contribution in [2.75, 3.05) is 33.9 Å². The Hall–Kier alpha value is -1.38. The van der Waals surface area contributed by atoms with Gasteiger partial charge in [0, 0.05) is 25.2 Å². The highest BCUT2D eigenvalue weighted by Gasteiger charge is 2.32. The highest BCUT2D eigenvalue weighted by Crippen LogP contribution is 2.33. The van der Waals surface area contributed by atoms with Crippen LogP contribution in [0.4, 0.5) is 4.39 Å². The molecule has 0 saturated carbocycles. The quantitative estimate of drug-likeness (QED) is 0.836. The van der Waals surface area contributed by atoms with Gasteiger partial charge in [-0.25, -0.2) is 12.8 Å². The second kappa shape index (κ2) is 6.17. The van der Waals surface area contributed by atoms with E-state index in [4.69, 9.17) is 14.2 Å². The SMILES string of the molecule is COc1cc(F)c(S(=O)(=O)N2CCO[C@@H](C)C2)cc1OC. The zero-order valence-corrected chi connectivity index (χ0v) is 12.9. The molecule has 1 saturated heterocycles. The molecule has 1 fully saturated rings. The van der Waals surface area contributed by atoms with E-state index in [1.165, 1.54) is 18.5 Å². The van der Waals surface area contributed by atoms with Crippen LogP contribution in [-0.2, 0) is 14.8 Å². The van der Waals surface area contributed by atoms with Crippen LogP contribution in [0.25, 0.3) is 0 Å². The Morgan fingerprint density at radius 2 is 1.90 bits per heavy atom. The van der Waals surface area contributed by atoms with Crippen LogP contribution in [0.15, 0.2) is 17.0 Å². The Bertz CT molecular complexity index is 619. The summed E-state index contributed by atoms with van der Waals surface area (Å²) in [5.41, 5.74) is 0. The monoisotopic (exact) mass is 319 g/mol. The lowest BCUT2D eigenvalue weighted by Gasteiger charge is -2.30. The Labute approximate surface area is 123 Å². The zero-order chi connectivity index (χ0) is 15.6. The minimum atomic E-state index is -3.94. The lowest BCUT2D eigenvalue weighted by molar-refractivity contribution is 0.0101. The number of ether oxygens (including phenoxy) is 3. The van der Waals surface area contributed by atoms with E-state index in [1.54, 1.807) is 6.92 Å². The number of hydrogen-bond donors (Lipinski definition) is 0. The molecule has 0 N–H and O–H groups in total. The normalized spacial score (nSPS) is 20.3. The van der Waals surface area contributed by atoms with Crippen molar-refractivity contribution in [3.8, 4) is 11.5 Å². The molecule has 21 heavy (non-hydrogen) atoms. The maximum absolute atomic E-state index is 14.1. The van der Waals surface area contributed by atoms with E-state index >= 15 is 0 Å². The van der Waals surface area contributed by atoms with Crippen molar-refractivity contribution in [1.29, 1.82) is 0 Å². The molecule has 0 unspecified atom stereocenters. The number of benzene rings is 1. The van der Waals surface area contributed by atoms with Gasteiger partial charge in [-0.2, -0.15) is 4.31 Å². The maximum atomic E-state index is 14.1. The molecule has 1 atom stereocenters. The average Bonchev–Trinajstić information content (AvgIpc) is 2.46. The fourth-order valence-electron chi connectivity index (χ4n) is 2.18. The Kier molecular flexibility index (Phi) is 4.70. The van der Waals surface area contributed by atoms with E-state index in [9.17, 15) is 12.8 Å². The first-order valence-electron chi connectivity index (χ1n) is 6.43. The maximum Gasteiger partial charge on any atom is 0.246 e. The zero-order valence-electron chi connectivity index (χ0n) is 12.1. The number of sulfonamides is 1. The van der Waals surface area contributed by atoms with E-state index in [0.717, 1.165) is 12.1 Å². The van der Waals surface area contributed by atoms with Crippen molar-refractivity contribution in [2.24, 2.45) is 0 Å². The minimum Gasteiger partial charge on any atom is -0.493 e. The molecule has 6 nitrogen and oxygen atoms in total. The molecule has 1 aliphatic heterocycles. The van der Waals surface area contributed by atoms with Gasteiger partial charge in [0.05, 0.1) is 26.9 Å². The summed E-state index contributed by atoms with van der Waals surface area (Å²) in [6.45, 7) is 2.44. The van der Waals surface area contributed by atoms with Crippen molar-refractivity contribution in [3.63, 3.8) is 0 Å². The molecule has 1 aromatic carbocycles. The standard InChI is InChI=1S/C13H18FNO5S/c1-9-8-15(4-5-20-9)21(16,17)13-7-12(19-3)11(18-2)6-10(13)14/h6-7,9H,4-5,8H2,1-3H3/t9-/m0/s1. The van der Waals surface area contributed by atoms with Gasteiger partial charge in [-0.1, -0.05) is 0 Å². The summed E-state index contributed by atoms with van der Waals surface area (Å²) in [7, 11) is -1.22. The van der Waals surface area contributed by atoms with Gasteiger partial charge in [-0.15, -0.1) is 0 Å². The van der Waals surface area contributed by atoms with Crippen LogP contribution in [0.1, 0.15) is 6.92 Å². The van der Waals surface area contributed by atoms with Crippen LogP contribution < -0.4 is 9.47 Å². The molecular weight excluding hydrogens is 301 g/mol. The third-order valence-corrected chi connectivity index (χ3v) is 5.14. The van der Waals surface area contributed by atoms with Gasteiger partial charge >= 0.3 is 0 Å². The fourth-order valence-corrected chi connectivity index (χ4v) is 3.74. The van der Waals surface area contributed by atoms with Crippen LogP contribution >= 0.6 is 0 Å². The minimum absolute atomic E-state index is 0.143. The second-order valence-corrected chi connectivity index (χ2v) is 6.59. The highest BCUT2D eigenvalue weighted by atomic mass is 32.2. The van der Waals surface area contributed by atoms with E-state index in [2.05, 4.69) is 0 Å². The first-order chi connectivity index (χ1) is 9.90. The molecule has 0 aromatic heterocycles. The van der Waals surface area contributed by atoms with Crippen LogP contribution in [0.5, 0.6) is 11.5 Å². The Morgan fingerprint density at radius 3 is 2.48 bits per heavy atom. The molecular formula is C13H18FNO5S. The van der Waals surface area contributed by atoms with Gasteiger partial charge in [0.2, 0.25) is 10.0 Å². The number of nitrogens with zero attached hydrogens (tertiary/aromatic N) is 1. The molecule has 0 amide bonds. The van der Waals surface area contributed by atoms with Crippen LogP contribution in [-0.4, -0.2) is 52.7 Å². The van der Waals surface area contributed by atoms with Crippen molar-refractivity contribution in [3.05, 3.63) is 17.9 Å². The predicted molar refractivity (Wildman–Crippen MR) is 73.7 cm³/mol. The molecule has 0 radical (unpaired) electrons. The van der Waals surface area contributed by atoms with E-state index in [-0.39, 0.29) is 37.3 Å². The first kappa shape index (κ1) is 16.0. The van der Waals surface area contributed by atoms with Crippen molar-refractivity contribution >= 4 is 10.0 Å². The number of morpholine rings is 1. The summed E-state index contributed by atoms with van der Waals surface area (Å²) in [6.07, 6.45) is -0.225. The Morgan fingerprint density at radius 1 is 1.29 bits per heavy atom. The lowest BCUT2D eigenvalue weighted by atomic mass is 10.3. The summed E-state index contributed by atoms with van der Waals surface area (Å²) in [5, 5.41) is 0. The molecule has 0 spiro atoms. The highest BCUT2D eigenvalue weighted by molar-refractivity contribution is 7.89. The first-order valence-corrected chi connectivity index (χ1v) is 7.87. The predicted octanol–water partition coefficient (Wildman–Crippen LogP) is 1.25. The summed E-state index contributed by atoms with van der Waals surface area (Å²) in [4.78, 5) is -0.422. The Balaban J connectivity index is 2.44. The lowest BCUT2D eigenvalue weighted by Crippen LogP contribution is -2.44.